The normalized spacial score (nSPS) is 18.8. The molecule has 1 fully saturated rings. The van der Waals surface area contributed by atoms with Crippen molar-refractivity contribution in [3.63, 3.8) is 0 Å². The third-order valence-corrected chi connectivity index (χ3v) is 4.56. The van der Waals surface area contributed by atoms with Crippen molar-refractivity contribution in [1.29, 1.82) is 0 Å². The number of hydrogen-bond donors (Lipinski definition) is 1. The first-order valence-electron chi connectivity index (χ1n) is 8.55. The fraction of sp³-hybridized carbons (Fsp3) is 0.421. The van der Waals surface area contributed by atoms with E-state index in [1.54, 1.807) is 29.2 Å². The molecule has 5 nitrogen and oxygen atoms in total. The lowest BCUT2D eigenvalue weighted by atomic mass is 9.92. The van der Waals surface area contributed by atoms with Crippen molar-refractivity contribution in [3.05, 3.63) is 53.7 Å². The van der Waals surface area contributed by atoms with Gasteiger partial charge >= 0.3 is 0 Å². The van der Waals surface area contributed by atoms with Crippen molar-refractivity contribution >= 4 is 5.91 Å². The number of likely N-dealkylation sites (tertiary alicyclic amines) is 1. The number of piperidine rings is 1. The zero-order valence-electron chi connectivity index (χ0n) is 14.3. The highest BCUT2D eigenvalue weighted by molar-refractivity contribution is 5.91. The summed E-state index contributed by atoms with van der Waals surface area (Å²) in [5, 5.41) is 0. The van der Waals surface area contributed by atoms with Gasteiger partial charge in [-0.1, -0.05) is 0 Å². The van der Waals surface area contributed by atoms with Crippen LogP contribution >= 0.6 is 0 Å². The van der Waals surface area contributed by atoms with E-state index in [1.807, 2.05) is 6.92 Å². The van der Waals surface area contributed by atoms with Gasteiger partial charge in [-0.3, -0.25) is 4.79 Å². The molecule has 0 bridgehead atoms. The summed E-state index contributed by atoms with van der Waals surface area (Å²) in [5.41, 5.74) is 5.98. The van der Waals surface area contributed by atoms with Crippen LogP contribution in [0.15, 0.2) is 40.8 Å². The average molecular weight is 346 g/mol. The molecule has 0 radical (unpaired) electrons. The van der Waals surface area contributed by atoms with Gasteiger partial charge in [0.1, 0.15) is 23.9 Å². The molecule has 2 aromatic rings. The minimum Gasteiger partial charge on any atom is -0.486 e. The number of furan rings is 1. The quantitative estimate of drug-likeness (QED) is 0.903. The molecule has 1 amide bonds. The average Bonchev–Trinajstić information content (AvgIpc) is 3.09. The molecule has 1 aliphatic heterocycles. The molecule has 2 unspecified atom stereocenters. The van der Waals surface area contributed by atoms with Crippen molar-refractivity contribution in [2.45, 2.75) is 32.4 Å². The first-order valence-corrected chi connectivity index (χ1v) is 8.55. The van der Waals surface area contributed by atoms with Crippen LogP contribution in [-0.2, 0) is 6.61 Å². The molecule has 25 heavy (non-hydrogen) atoms. The van der Waals surface area contributed by atoms with E-state index in [0.29, 0.717) is 29.7 Å². The number of amides is 1. The molecule has 1 aromatic carbocycles. The van der Waals surface area contributed by atoms with Crippen molar-refractivity contribution in [2.24, 2.45) is 11.7 Å². The first-order chi connectivity index (χ1) is 12.0. The summed E-state index contributed by atoms with van der Waals surface area (Å²) in [5.74, 6) is 1.30. The van der Waals surface area contributed by atoms with E-state index in [0.717, 1.165) is 19.4 Å². The second kappa shape index (κ2) is 7.70. The van der Waals surface area contributed by atoms with E-state index < -0.39 is 0 Å². The Balaban J connectivity index is 1.58. The minimum absolute atomic E-state index is 0.0758. The summed E-state index contributed by atoms with van der Waals surface area (Å²) >= 11 is 0. The van der Waals surface area contributed by atoms with E-state index in [1.165, 1.54) is 12.1 Å². The summed E-state index contributed by atoms with van der Waals surface area (Å²) in [6, 6.07) is 9.23. The number of carbonyl (C=O) groups is 1. The topological polar surface area (TPSA) is 68.7 Å². The Morgan fingerprint density at radius 1 is 1.36 bits per heavy atom. The second-order valence-electron chi connectivity index (χ2n) is 6.52. The molecule has 134 valence electrons. The molecule has 6 heteroatoms. The van der Waals surface area contributed by atoms with Crippen LogP contribution in [0.3, 0.4) is 0 Å². The maximum atomic E-state index is 12.9. The number of ether oxygens (including phenoxy) is 1. The van der Waals surface area contributed by atoms with E-state index in [2.05, 4.69) is 0 Å². The highest BCUT2D eigenvalue weighted by Crippen LogP contribution is 2.22. The van der Waals surface area contributed by atoms with E-state index in [-0.39, 0.29) is 24.4 Å². The largest absolute Gasteiger partial charge is 0.486 e. The standard InChI is InChI=1S/C19H23FN2O3/c1-13(21)14-3-2-10-22(11-14)19(23)18-9-8-17(25-18)12-24-16-6-4-15(20)5-7-16/h4-9,13-14H,2-3,10-12,21H2,1H3. The van der Waals surface area contributed by atoms with Gasteiger partial charge in [-0.25, -0.2) is 4.39 Å². The lowest BCUT2D eigenvalue weighted by Gasteiger charge is -2.34. The number of rotatable bonds is 5. The maximum absolute atomic E-state index is 12.9. The van der Waals surface area contributed by atoms with E-state index in [9.17, 15) is 9.18 Å². The molecular weight excluding hydrogens is 323 g/mol. The van der Waals surface area contributed by atoms with Crippen LogP contribution in [0.5, 0.6) is 5.75 Å². The zero-order chi connectivity index (χ0) is 17.8. The highest BCUT2D eigenvalue weighted by atomic mass is 19.1. The van der Waals surface area contributed by atoms with Crippen LogP contribution < -0.4 is 10.5 Å². The third-order valence-electron chi connectivity index (χ3n) is 4.56. The minimum atomic E-state index is -0.315. The lowest BCUT2D eigenvalue weighted by Crippen LogP contribution is -2.44. The number of benzene rings is 1. The molecule has 1 saturated heterocycles. The molecule has 1 aromatic heterocycles. The summed E-state index contributed by atoms with van der Waals surface area (Å²) in [4.78, 5) is 14.4. The van der Waals surface area contributed by atoms with Crippen LogP contribution in [-0.4, -0.2) is 29.9 Å². The summed E-state index contributed by atoms with van der Waals surface area (Å²) in [7, 11) is 0. The summed E-state index contributed by atoms with van der Waals surface area (Å²) in [6.07, 6.45) is 2.01. The van der Waals surface area contributed by atoms with Gasteiger partial charge in [0.2, 0.25) is 0 Å². The van der Waals surface area contributed by atoms with Crippen molar-refractivity contribution in [2.75, 3.05) is 13.1 Å². The molecule has 0 spiro atoms. The van der Waals surface area contributed by atoms with Gasteiger partial charge in [0, 0.05) is 19.1 Å². The Labute approximate surface area is 146 Å². The first kappa shape index (κ1) is 17.5. The Morgan fingerprint density at radius 2 is 2.12 bits per heavy atom. The zero-order valence-corrected chi connectivity index (χ0v) is 14.3. The van der Waals surface area contributed by atoms with Gasteiger partial charge in [0.15, 0.2) is 5.76 Å². The maximum Gasteiger partial charge on any atom is 0.289 e. The fourth-order valence-corrected chi connectivity index (χ4v) is 3.04. The SMILES string of the molecule is CC(N)C1CCCN(C(=O)c2ccc(COc3ccc(F)cc3)o2)C1. The van der Waals surface area contributed by atoms with Crippen LogP contribution in [0.2, 0.25) is 0 Å². The Morgan fingerprint density at radius 3 is 2.84 bits per heavy atom. The number of halogens is 1. The van der Waals surface area contributed by atoms with Gasteiger partial charge in [-0.05, 0) is 62.1 Å². The fourth-order valence-electron chi connectivity index (χ4n) is 3.04. The van der Waals surface area contributed by atoms with E-state index >= 15 is 0 Å². The number of nitrogens with zero attached hydrogens (tertiary/aromatic N) is 1. The van der Waals surface area contributed by atoms with Gasteiger partial charge in [-0.15, -0.1) is 0 Å². The smallest absolute Gasteiger partial charge is 0.289 e. The van der Waals surface area contributed by atoms with Gasteiger partial charge in [0.05, 0.1) is 0 Å². The van der Waals surface area contributed by atoms with Crippen LogP contribution in [0.1, 0.15) is 36.1 Å². The van der Waals surface area contributed by atoms with Crippen molar-refractivity contribution in [1.82, 2.24) is 4.90 Å². The van der Waals surface area contributed by atoms with Gasteiger partial charge in [0.25, 0.3) is 5.91 Å². The van der Waals surface area contributed by atoms with Gasteiger partial charge < -0.3 is 19.8 Å². The van der Waals surface area contributed by atoms with Crippen LogP contribution in [0.25, 0.3) is 0 Å². The number of carbonyl (C=O) groups excluding carboxylic acids is 1. The Kier molecular flexibility index (Phi) is 5.38. The highest BCUT2D eigenvalue weighted by Gasteiger charge is 2.27. The molecule has 2 heterocycles. The Hall–Kier alpha value is -2.34. The molecular formula is C19H23FN2O3. The van der Waals surface area contributed by atoms with Crippen LogP contribution in [0, 0.1) is 11.7 Å². The molecule has 0 aliphatic carbocycles. The third kappa shape index (κ3) is 4.39. The molecule has 3 rings (SSSR count). The Bertz CT molecular complexity index is 712. The predicted octanol–water partition coefficient (Wildman–Crippen LogP) is 3.20. The lowest BCUT2D eigenvalue weighted by molar-refractivity contribution is 0.0625. The van der Waals surface area contributed by atoms with Crippen molar-refractivity contribution < 1.29 is 18.3 Å². The van der Waals surface area contributed by atoms with Crippen LogP contribution in [0.4, 0.5) is 4.39 Å². The summed E-state index contributed by atoms with van der Waals surface area (Å²) < 4.78 is 24.0. The molecule has 2 N–H and O–H groups in total. The van der Waals surface area contributed by atoms with Crippen molar-refractivity contribution in [3.8, 4) is 5.75 Å². The second-order valence-corrected chi connectivity index (χ2v) is 6.52. The molecule has 1 aliphatic rings. The molecule has 2 atom stereocenters. The van der Waals surface area contributed by atoms with Gasteiger partial charge in [-0.2, -0.15) is 0 Å². The predicted molar refractivity (Wildman–Crippen MR) is 91.7 cm³/mol. The molecule has 0 saturated carbocycles. The number of nitrogens with two attached hydrogens (primary N) is 1. The monoisotopic (exact) mass is 346 g/mol. The van der Waals surface area contributed by atoms with E-state index in [4.69, 9.17) is 14.9 Å². The number of hydrogen-bond acceptors (Lipinski definition) is 4. The summed E-state index contributed by atoms with van der Waals surface area (Å²) in [6.45, 7) is 3.56.